The van der Waals surface area contributed by atoms with E-state index in [9.17, 15) is 9.59 Å². The van der Waals surface area contributed by atoms with Gasteiger partial charge in [0.15, 0.2) is 0 Å². The average molecular weight is 392 g/mol. The molecule has 5 nitrogen and oxygen atoms in total. The number of likely N-dealkylation sites (N-methyl/N-ethyl adjacent to an activating group) is 1. The molecule has 0 aliphatic rings. The molecule has 1 aromatic heterocycles. The molecular weight excluding hydrogens is 372 g/mol. The molecule has 1 amide bonds. The highest BCUT2D eigenvalue weighted by Crippen LogP contribution is 2.30. The van der Waals surface area contributed by atoms with Crippen molar-refractivity contribution in [3.8, 4) is 0 Å². The van der Waals surface area contributed by atoms with Crippen LogP contribution in [0.1, 0.15) is 22.0 Å². The summed E-state index contributed by atoms with van der Waals surface area (Å²) < 4.78 is 5.64. The molecule has 0 fully saturated rings. The molecule has 0 saturated carbocycles. The van der Waals surface area contributed by atoms with Gasteiger partial charge in [-0.3, -0.25) is 4.79 Å². The predicted molar refractivity (Wildman–Crippen MR) is 108 cm³/mol. The molecule has 28 heavy (non-hydrogen) atoms. The van der Waals surface area contributed by atoms with Crippen molar-refractivity contribution in [2.75, 3.05) is 14.1 Å². The zero-order chi connectivity index (χ0) is 19.9. The van der Waals surface area contributed by atoms with Gasteiger partial charge in [-0.15, -0.1) is 0 Å². The third kappa shape index (κ3) is 4.78. The number of carbonyl (C=O) groups is 2. The van der Waals surface area contributed by atoms with Crippen LogP contribution in [0.4, 0.5) is 0 Å². The fraction of sp³-hybridized carbons (Fsp3) is 0.136. The number of amides is 1. The van der Waals surface area contributed by atoms with E-state index in [0.717, 1.165) is 4.90 Å². The molecule has 0 aliphatic carbocycles. The van der Waals surface area contributed by atoms with Gasteiger partial charge in [0, 0.05) is 30.8 Å². The van der Waals surface area contributed by atoms with Gasteiger partial charge in [-0.05, 0) is 24.3 Å². The molecule has 1 atom stereocenters. The normalized spacial score (nSPS) is 11.5. The van der Waals surface area contributed by atoms with Gasteiger partial charge in [0.05, 0.1) is 5.56 Å². The fourth-order valence-corrected chi connectivity index (χ4v) is 3.41. The molecule has 0 saturated heterocycles. The number of pyridine rings is 1. The van der Waals surface area contributed by atoms with Crippen LogP contribution in [-0.4, -0.2) is 35.9 Å². The molecule has 0 bridgehead atoms. The first-order chi connectivity index (χ1) is 13.6. The van der Waals surface area contributed by atoms with E-state index in [1.165, 1.54) is 16.7 Å². The molecule has 0 radical (unpaired) electrons. The maximum atomic E-state index is 12.9. The van der Waals surface area contributed by atoms with Crippen LogP contribution in [0, 0.1) is 0 Å². The SMILES string of the molecule is CN(C)C(=O)C(OC(=O)c1cccnc1Sc1ccccc1)c1ccccc1. The standard InChI is InChI=1S/C22H20N2O3S/c1-24(2)21(25)19(16-10-5-3-6-11-16)27-22(26)18-14-9-15-23-20(18)28-17-12-7-4-8-13-17/h3-15,19H,1-2H3. The summed E-state index contributed by atoms with van der Waals surface area (Å²) in [7, 11) is 3.26. The second kappa shape index (κ2) is 9.19. The molecule has 3 rings (SSSR count). The van der Waals surface area contributed by atoms with Gasteiger partial charge in [0.2, 0.25) is 6.10 Å². The van der Waals surface area contributed by atoms with E-state index in [-0.39, 0.29) is 5.91 Å². The monoisotopic (exact) mass is 392 g/mol. The number of nitrogens with zero attached hydrogens (tertiary/aromatic N) is 2. The molecule has 1 unspecified atom stereocenters. The molecule has 0 spiro atoms. The van der Waals surface area contributed by atoms with Crippen LogP contribution >= 0.6 is 11.8 Å². The summed E-state index contributed by atoms with van der Waals surface area (Å²) in [6.45, 7) is 0. The van der Waals surface area contributed by atoms with Crippen LogP contribution in [-0.2, 0) is 9.53 Å². The summed E-state index contributed by atoms with van der Waals surface area (Å²) in [5.74, 6) is -0.892. The smallest absolute Gasteiger partial charge is 0.342 e. The van der Waals surface area contributed by atoms with E-state index in [4.69, 9.17) is 4.74 Å². The second-order valence-electron chi connectivity index (χ2n) is 6.20. The first-order valence-electron chi connectivity index (χ1n) is 8.71. The number of hydrogen-bond donors (Lipinski definition) is 0. The summed E-state index contributed by atoms with van der Waals surface area (Å²) in [6.07, 6.45) is 0.611. The molecule has 3 aromatic rings. The maximum Gasteiger partial charge on any atom is 0.342 e. The van der Waals surface area contributed by atoms with Crippen LogP contribution in [0.25, 0.3) is 0 Å². The largest absolute Gasteiger partial charge is 0.444 e. The van der Waals surface area contributed by atoms with Gasteiger partial charge in [-0.25, -0.2) is 9.78 Å². The van der Waals surface area contributed by atoms with E-state index < -0.39 is 12.1 Å². The van der Waals surface area contributed by atoms with Crippen LogP contribution in [0.5, 0.6) is 0 Å². The Morgan fingerprint density at radius 1 is 0.929 bits per heavy atom. The van der Waals surface area contributed by atoms with Gasteiger partial charge in [0.25, 0.3) is 5.91 Å². The van der Waals surface area contributed by atoms with Crippen molar-refractivity contribution in [2.45, 2.75) is 16.0 Å². The lowest BCUT2D eigenvalue weighted by Gasteiger charge is -2.21. The van der Waals surface area contributed by atoms with E-state index in [1.54, 1.807) is 56.7 Å². The highest BCUT2D eigenvalue weighted by Gasteiger charge is 2.28. The molecule has 6 heteroatoms. The first kappa shape index (κ1) is 19.6. The third-order valence-corrected chi connectivity index (χ3v) is 4.97. The minimum atomic E-state index is -1.02. The van der Waals surface area contributed by atoms with Gasteiger partial charge < -0.3 is 9.64 Å². The number of carbonyl (C=O) groups excluding carboxylic acids is 2. The van der Waals surface area contributed by atoms with Crippen molar-refractivity contribution in [3.63, 3.8) is 0 Å². The van der Waals surface area contributed by atoms with Crippen LogP contribution in [0.2, 0.25) is 0 Å². The van der Waals surface area contributed by atoms with Gasteiger partial charge in [-0.2, -0.15) is 0 Å². The minimum absolute atomic E-state index is 0.305. The summed E-state index contributed by atoms with van der Waals surface area (Å²) >= 11 is 1.37. The quantitative estimate of drug-likeness (QED) is 0.588. The highest BCUT2D eigenvalue weighted by atomic mass is 32.2. The Kier molecular flexibility index (Phi) is 6.45. The number of rotatable bonds is 6. The Morgan fingerprint density at radius 3 is 2.21 bits per heavy atom. The van der Waals surface area contributed by atoms with Crippen molar-refractivity contribution in [2.24, 2.45) is 0 Å². The highest BCUT2D eigenvalue weighted by molar-refractivity contribution is 7.99. The minimum Gasteiger partial charge on any atom is -0.444 e. The van der Waals surface area contributed by atoms with E-state index in [2.05, 4.69) is 4.98 Å². The van der Waals surface area contributed by atoms with Crippen molar-refractivity contribution in [1.82, 2.24) is 9.88 Å². The predicted octanol–water partition coefficient (Wildman–Crippen LogP) is 4.22. The fourth-order valence-electron chi connectivity index (χ4n) is 2.52. The van der Waals surface area contributed by atoms with Crippen molar-refractivity contribution >= 4 is 23.6 Å². The first-order valence-corrected chi connectivity index (χ1v) is 9.53. The lowest BCUT2D eigenvalue weighted by Crippen LogP contribution is -2.31. The Balaban J connectivity index is 1.87. The Bertz CT molecular complexity index is 946. The molecular formula is C22H20N2O3S. The summed E-state index contributed by atoms with van der Waals surface area (Å²) in [4.78, 5) is 32.2. The van der Waals surface area contributed by atoms with Crippen LogP contribution in [0.15, 0.2) is 88.9 Å². The van der Waals surface area contributed by atoms with Crippen LogP contribution in [0.3, 0.4) is 0 Å². The second-order valence-corrected chi connectivity index (χ2v) is 7.26. The van der Waals surface area contributed by atoms with Crippen molar-refractivity contribution < 1.29 is 14.3 Å². The number of ether oxygens (including phenoxy) is 1. The van der Waals surface area contributed by atoms with Gasteiger partial charge in [-0.1, -0.05) is 60.3 Å². The van der Waals surface area contributed by atoms with Crippen molar-refractivity contribution in [1.29, 1.82) is 0 Å². The number of aromatic nitrogens is 1. The summed E-state index contributed by atoms with van der Waals surface area (Å²) in [6, 6.07) is 22.0. The zero-order valence-corrected chi connectivity index (χ0v) is 16.4. The Labute approximate surface area is 168 Å². The lowest BCUT2D eigenvalue weighted by molar-refractivity contribution is -0.138. The van der Waals surface area contributed by atoms with Crippen molar-refractivity contribution in [3.05, 3.63) is 90.1 Å². The van der Waals surface area contributed by atoms with Gasteiger partial charge in [0.1, 0.15) is 5.03 Å². The van der Waals surface area contributed by atoms with Crippen LogP contribution < -0.4 is 0 Å². The Hall–Kier alpha value is -3.12. The zero-order valence-electron chi connectivity index (χ0n) is 15.6. The molecule has 0 aliphatic heterocycles. The number of esters is 1. The summed E-state index contributed by atoms with van der Waals surface area (Å²) in [5, 5.41) is 0.530. The molecule has 142 valence electrons. The van der Waals surface area contributed by atoms with E-state index >= 15 is 0 Å². The maximum absolute atomic E-state index is 12.9. The molecule has 0 N–H and O–H groups in total. The third-order valence-electron chi connectivity index (χ3n) is 3.94. The number of hydrogen-bond acceptors (Lipinski definition) is 5. The molecule has 2 aromatic carbocycles. The summed E-state index contributed by atoms with van der Waals surface area (Å²) in [5.41, 5.74) is 0.944. The van der Waals surface area contributed by atoms with Gasteiger partial charge >= 0.3 is 5.97 Å². The lowest BCUT2D eigenvalue weighted by atomic mass is 10.1. The average Bonchev–Trinajstić information content (AvgIpc) is 2.73. The molecule has 1 heterocycles. The van der Waals surface area contributed by atoms with E-state index in [0.29, 0.717) is 16.2 Å². The Morgan fingerprint density at radius 2 is 1.57 bits per heavy atom. The number of benzene rings is 2. The topological polar surface area (TPSA) is 59.5 Å². The van der Waals surface area contributed by atoms with E-state index in [1.807, 2.05) is 36.4 Å².